The molecule has 0 aliphatic rings. The van der Waals surface area contributed by atoms with Gasteiger partial charge >= 0.3 is 0 Å². The van der Waals surface area contributed by atoms with Crippen molar-refractivity contribution >= 4 is 73.4 Å². The number of hydrogen-bond acceptors (Lipinski definition) is 7. The van der Waals surface area contributed by atoms with Gasteiger partial charge in [0.15, 0.2) is 5.58 Å². The number of amides is 1. The maximum atomic E-state index is 12.9. The van der Waals surface area contributed by atoms with Crippen molar-refractivity contribution in [3.63, 3.8) is 0 Å². The van der Waals surface area contributed by atoms with Crippen LogP contribution in [0, 0.1) is 0 Å². The number of anilines is 2. The Kier molecular flexibility index (Phi) is 7.22. The molecular formula is C22H17Cl2N3O5S2. The van der Waals surface area contributed by atoms with Gasteiger partial charge in [0, 0.05) is 0 Å². The van der Waals surface area contributed by atoms with Crippen LogP contribution in [0.3, 0.4) is 0 Å². The molecule has 0 radical (unpaired) electrons. The van der Waals surface area contributed by atoms with E-state index in [1.807, 2.05) is 0 Å². The molecule has 0 fully saturated rings. The third-order valence-corrected chi connectivity index (χ3v) is 7.38. The summed E-state index contributed by atoms with van der Waals surface area (Å²) in [6, 6.07) is 15.9. The maximum Gasteiger partial charge on any atom is 0.262 e. The molecule has 4 aromatic rings. The van der Waals surface area contributed by atoms with E-state index in [9.17, 15) is 13.2 Å². The van der Waals surface area contributed by atoms with Crippen LogP contribution in [0.2, 0.25) is 10.0 Å². The lowest BCUT2D eigenvalue weighted by Gasteiger charge is -2.11. The van der Waals surface area contributed by atoms with Crippen molar-refractivity contribution in [1.82, 2.24) is 4.98 Å². The second-order valence-corrected chi connectivity index (χ2v) is 10.3. The van der Waals surface area contributed by atoms with Gasteiger partial charge in [-0.05, 0) is 42.5 Å². The Labute approximate surface area is 209 Å². The number of thioether (sulfide) groups is 1. The fourth-order valence-corrected chi connectivity index (χ4v) is 5.19. The number of carbonyl (C=O) groups is 1. The largest absolute Gasteiger partial charge is 0.495 e. The molecule has 0 spiro atoms. The molecule has 0 saturated carbocycles. The summed E-state index contributed by atoms with van der Waals surface area (Å²) >= 11 is 13.2. The molecule has 0 saturated heterocycles. The van der Waals surface area contributed by atoms with Crippen molar-refractivity contribution in [3.8, 4) is 5.75 Å². The number of methoxy groups -OCH3 is 1. The third-order valence-electron chi connectivity index (χ3n) is 4.55. The van der Waals surface area contributed by atoms with Crippen molar-refractivity contribution in [1.29, 1.82) is 0 Å². The number of oxazole rings is 1. The van der Waals surface area contributed by atoms with E-state index in [4.69, 9.17) is 32.4 Å². The summed E-state index contributed by atoms with van der Waals surface area (Å²) in [7, 11) is -2.45. The highest BCUT2D eigenvalue weighted by molar-refractivity contribution is 7.99. The first-order chi connectivity index (χ1) is 16.3. The second kappa shape index (κ2) is 10.1. The number of para-hydroxylation sites is 3. The average Bonchev–Trinajstić information content (AvgIpc) is 3.23. The van der Waals surface area contributed by atoms with Crippen LogP contribution in [0.15, 0.2) is 75.2 Å². The van der Waals surface area contributed by atoms with Crippen molar-refractivity contribution in [3.05, 3.63) is 70.7 Å². The molecule has 1 aromatic heterocycles. The number of nitrogens with one attached hydrogen (secondary N) is 2. The van der Waals surface area contributed by atoms with Gasteiger partial charge < -0.3 is 14.5 Å². The highest BCUT2D eigenvalue weighted by Crippen LogP contribution is 2.31. The Morgan fingerprint density at radius 2 is 1.82 bits per heavy atom. The number of carbonyl (C=O) groups excluding carboxylic acids is 1. The van der Waals surface area contributed by atoms with Crippen molar-refractivity contribution in [2.75, 3.05) is 22.9 Å². The number of nitrogens with zero attached hydrogens (tertiary/aromatic N) is 1. The molecule has 0 bridgehead atoms. The summed E-state index contributed by atoms with van der Waals surface area (Å²) in [5.41, 5.74) is 1.35. The van der Waals surface area contributed by atoms with Gasteiger partial charge in [0.25, 0.3) is 15.2 Å². The van der Waals surface area contributed by atoms with Crippen LogP contribution in [0.25, 0.3) is 11.1 Å². The van der Waals surface area contributed by atoms with E-state index in [2.05, 4.69) is 15.0 Å². The summed E-state index contributed by atoms with van der Waals surface area (Å²) in [6.07, 6.45) is 0. The highest BCUT2D eigenvalue weighted by Gasteiger charge is 2.19. The van der Waals surface area contributed by atoms with E-state index in [1.165, 1.54) is 25.3 Å². The monoisotopic (exact) mass is 537 g/mol. The Hall–Kier alpha value is -2.92. The zero-order valence-corrected chi connectivity index (χ0v) is 20.7. The van der Waals surface area contributed by atoms with Gasteiger partial charge in [-0.3, -0.25) is 9.52 Å². The van der Waals surface area contributed by atoms with E-state index in [0.29, 0.717) is 38.3 Å². The number of aromatic nitrogens is 1. The van der Waals surface area contributed by atoms with E-state index in [-0.39, 0.29) is 21.8 Å². The zero-order valence-electron chi connectivity index (χ0n) is 17.5. The van der Waals surface area contributed by atoms with Gasteiger partial charge in [-0.25, -0.2) is 13.4 Å². The average molecular weight is 538 g/mol. The van der Waals surface area contributed by atoms with Gasteiger partial charge in [-0.2, -0.15) is 0 Å². The normalized spacial score (nSPS) is 11.4. The van der Waals surface area contributed by atoms with Gasteiger partial charge in [-0.15, -0.1) is 0 Å². The van der Waals surface area contributed by atoms with Crippen LogP contribution >= 0.6 is 35.0 Å². The lowest BCUT2D eigenvalue weighted by atomic mass is 10.3. The molecule has 4 rings (SSSR count). The minimum absolute atomic E-state index is 0.00172. The summed E-state index contributed by atoms with van der Waals surface area (Å²) in [6.45, 7) is 0. The molecule has 2 N–H and O–H groups in total. The number of rotatable bonds is 8. The Bertz CT molecular complexity index is 1450. The van der Waals surface area contributed by atoms with Crippen molar-refractivity contribution in [2.45, 2.75) is 10.1 Å². The summed E-state index contributed by atoms with van der Waals surface area (Å²) < 4.78 is 39.0. The van der Waals surface area contributed by atoms with Crippen molar-refractivity contribution in [2.24, 2.45) is 0 Å². The molecule has 3 aromatic carbocycles. The van der Waals surface area contributed by atoms with Crippen LogP contribution in [0.5, 0.6) is 5.75 Å². The quantitative estimate of drug-likeness (QED) is 0.278. The number of hydrogen-bond donors (Lipinski definition) is 2. The number of fused-ring (bicyclic) bond motifs is 1. The number of ether oxygens (including phenoxy) is 1. The van der Waals surface area contributed by atoms with E-state index < -0.39 is 10.0 Å². The summed E-state index contributed by atoms with van der Waals surface area (Å²) in [4.78, 5) is 16.6. The van der Waals surface area contributed by atoms with E-state index >= 15 is 0 Å². The predicted octanol–water partition coefficient (Wildman–Crippen LogP) is 5.67. The SMILES string of the molecule is COc1ccccc1NS(=O)(=O)c1ccc2oc(SCC(=O)Nc3c(Cl)cccc3Cl)nc2c1. The van der Waals surface area contributed by atoms with Crippen LogP contribution in [-0.2, 0) is 14.8 Å². The lowest BCUT2D eigenvalue weighted by Crippen LogP contribution is -2.14. The molecule has 0 aliphatic heterocycles. The van der Waals surface area contributed by atoms with Gasteiger partial charge in [0.2, 0.25) is 5.91 Å². The van der Waals surface area contributed by atoms with Crippen LogP contribution in [-0.4, -0.2) is 32.2 Å². The lowest BCUT2D eigenvalue weighted by molar-refractivity contribution is -0.113. The fraction of sp³-hybridized carbons (Fsp3) is 0.0909. The Balaban J connectivity index is 1.47. The molecule has 8 nitrogen and oxygen atoms in total. The first kappa shape index (κ1) is 24.2. The first-order valence-corrected chi connectivity index (χ1v) is 12.9. The molecule has 0 unspecified atom stereocenters. The molecule has 0 aliphatic carbocycles. The van der Waals surface area contributed by atoms with Gasteiger partial charge in [0.1, 0.15) is 11.3 Å². The molecule has 34 heavy (non-hydrogen) atoms. The number of halogens is 2. The van der Waals surface area contributed by atoms with Gasteiger partial charge in [0.05, 0.1) is 39.2 Å². The van der Waals surface area contributed by atoms with Crippen LogP contribution in [0.1, 0.15) is 0 Å². The smallest absolute Gasteiger partial charge is 0.262 e. The molecule has 1 amide bonds. The molecule has 12 heteroatoms. The van der Waals surface area contributed by atoms with Gasteiger partial charge in [-0.1, -0.05) is 53.2 Å². The maximum absolute atomic E-state index is 12.9. The molecule has 176 valence electrons. The molecule has 0 atom stereocenters. The van der Waals surface area contributed by atoms with Crippen molar-refractivity contribution < 1.29 is 22.4 Å². The highest BCUT2D eigenvalue weighted by atomic mass is 35.5. The predicted molar refractivity (Wildman–Crippen MR) is 134 cm³/mol. The minimum Gasteiger partial charge on any atom is -0.495 e. The zero-order chi connectivity index (χ0) is 24.3. The topological polar surface area (TPSA) is 111 Å². The van der Waals surface area contributed by atoms with Crippen LogP contribution in [0.4, 0.5) is 11.4 Å². The number of sulfonamides is 1. The minimum atomic E-state index is -3.90. The standard InChI is InChI=1S/C22H17Cl2N3O5S2/c1-31-18-8-3-2-7-16(18)27-34(29,30)13-9-10-19-17(11-13)25-22(32-19)33-12-20(28)26-21-14(23)5-4-6-15(21)24/h2-11,27H,12H2,1H3,(H,26,28). The summed E-state index contributed by atoms with van der Waals surface area (Å²) in [5.74, 6) is 0.0182. The Morgan fingerprint density at radius 1 is 1.09 bits per heavy atom. The van der Waals surface area contributed by atoms with E-state index in [0.717, 1.165) is 11.8 Å². The first-order valence-electron chi connectivity index (χ1n) is 9.70. The Morgan fingerprint density at radius 3 is 2.56 bits per heavy atom. The second-order valence-electron chi connectivity index (χ2n) is 6.85. The fourth-order valence-electron chi connectivity index (χ4n) is 2.97. The van der Waals surface area contributed by atoms with E-state index in [1.54, 1.807) is 42.5 Å². The van der Waals surface area contributed by atoms with Crippen LogP contribution < -0.4 is 14.8 Å². The molecular weight excluding hydrogens is 521 g/mol. The molecule has 1 heterocycles. The third kappa shape index (κ3) is 5.41. The summed E-state index contributed by atoms with van der Waals surface area (Å²) in [5, 5.41) is 3.51. The number of benzene rings is 3.